The van der Waals surface area contributed by atoms with Crippen LogP contribution in [0.5, 0.6) is 0 Å². The maximum atomic E-state index is 13.8. The van der Waals surface area contributed by atoms with Crippen molar-refractivity contribution in [2.45, 2.75) is 18.7 Å². The molecule has 0 saturated heterocycles. The van der Waals surface area contributed by atoms with E-state index in [9.17, 15) is 12.8 Å². The molecule has 1 heterocycles. The molecule has 1 aromatic carbocycles. The summed E-state index contributed by atoms with van der Waals surface area (Å²) in [6, 6.07) is 5.43. The fraction of sp³-hybridized carbons (Fsp3) is 0.167. The highest BCUT2D eigenvalue weighted by Crippen LogP contribution is 2.23. The van der Waals surface area contributed by atoms with Gasteiger partial charge in [-0.2, -0.15) is 0 Å². The van der Waals surface area contributed by atoms with E-state index in [2.05, 4.69) is 14.7 Å². The molecule has 5 nitrogen and oxygen atoms in total. The van der Waals surface area contributed by atoms with Gasteiger partial charge >= 0.3 is 0 Å². The first-order valence-electron chi connectivity index (χ1n) is 5.59. The standard InChI is InChI=1S/C12H11ClFN3O2S/c1-7-6-8(2)16-12(15-7)17-20(18,19)10-5-3-4-9(13)11(10)14/h3-6H,1-2H3,(H,15,16,17). The molecular weight excluding hydrogens is 305 g/mol. The summed E-state index contributed by atoms with van der Waals surface area (Å²) in [5, 5.41) is -0.269. The molecule has 2 rings (SSSR count). The molecule has 1 N–H and O–H groups in total. The predicted molar refractivity (Wildman–Crippen MR) is 73.7 cm³/mol. The largest absolute Gasteiger partial charge is 0.267 e. The van der Waals surface area contributed by atoms with Gasteiger partial charge in [-0.3, -0.25) is 0 Å². The van der Waals surface area contributed by atoms with Gasteiger partial charge in [0.2, 0.25) is 5.95 Å². The summed E-state index contributed by atoms with van der Waals surface area (Å²) in [6.07, 6.45) is 0. The summed E-state index contributed by atoms with van der Waals surface area (Å²) in [5.74, 6) is -1.12. The molecule has 2 aromatic rings. The highest BCUT2D eigenvalue weighted by Gasteiger charge is 2.22. The lowest BCUT2D eigenvalue weighted by molar-refractivity contribution is 0.570. The monoisotopic (exact) mass is 315 g/mol. The Labute approximate surface area is 120 Å². The molecule has 0 radical (unpaired) electrons. The van der Waals surface area contributed by atoms with Crippen molar-refractivity contribution in [2.75, 3.05) is 4.72 Å². The summed E-state index contributed by atoms with van der Waals surface area (Å²) in [7, 11) is -4.13. The van der Waals surface area contributed by atoms with Crippen LogP contribution in [0.15, 0.2) is 29.2 Å². The molecule has 0 fully saturated rings. The van der Waals surface area contributed by atoms with Crippen LogP contribution in [0, 0.1) is 19.7 Å². The van der Waals surface area contributed by atoms with E-state index in [0.717, 1.165) is 6.07 Å². The van der Waals surface area contributed by atoms with Crippen molar-refractivity contribution in [1.29, 1.82) is 0 Å². The molecule has 0 atom stereocenters. The maximum absolute atomic E-state index is 13.8. The first-order chi connectivity index (χ1) is 9.29. The molecule has 0 aliphatic heterocycles. The Hall–Kier alpha value is -1.73. The number of rotatable bonds is 3. The van der Waals surface area contributed by atoms with E-state index < -0.39 is 20.7 Å². The summed E-state index contributed by atoms with van der Waals surface area (Å²) >= 11 is 5.57. The topological polar surface area (TPSA) is 72.0 Å². The molecule has 0 aliphatic carbocycles. The van der Waals surface area contributed by atoms with Crippen molar-refractivity contribution in [2.24, 2.45) is 0 Å². The van der Waals surface area contributed by atoms with Crippen LogP contribution in [0.4, 0.5) is 10.3 Å². The van der Waals surface area contributed by atoms with Crippen molar-refractivity contribution in [1.82, 2.24) is 9.97 Å². The van der Waals surface area contributed by atoms with Crippen LogP contribution in [0.3, 0.4) is 0 Å². The molecule has 1 aromatic heterocycles. The normalized spacial score (nSPS) is 11.4. The van der Waals surface area contributed by atoms with E-state index in [0.29, 0.717) is 11.4 Å². The average Bonchev–Trinajstić information content (AvgIpc) is 2.30. The van der Waals surface area contributed by atoms with Crippen LogP contribution in [0.2, 0.25) is 5.02 Å². The number of nitrogens with one attached hydrogen (secondary N) is 1. The number of nitrogens with zero attached hydrogens (tertiary/aromatic N) is 2. The summed E-state index contributed by atoms with van der Waals surface area (Å²) in [6.45, 7) is 3.40. The second-order valence-electron chi connectivity index (χ2n) is 4.13. The summed E-state index contributed by atoms with van der Waals surface area (Å²) < 4.78 is 40.1. The van der Waals surface area contributed by atoms with Gasteiger partial charge in [-0.25, -0.2) is 27.5 Å². The van der Waals surface area contributed by atoms with Crippen molar-refractivity contribution in [3.05, 3.63) is 46.5 Å². The fourth-order valence-electron chi connectivity index (χ4n) is 1.64. The van der Waals surface area contributed by atoms with Crippen LogP contribution in [0.25, 0.3) is 0 Å². The average molecular weight is 316 g/mol. The minimum Gasteiger partial charge on any atom is -0.247 e. The first-order valence-corrected chi connectivity index (χ1v) is 7.45. The van der Waals surface area contributed by atoms with E-state index in [4.69, 9.17) is 11.6 Å². The predicted octanol–water partition coefficient (Wildman–Crippen LogP) is 2.69. The Morgan fingerprint density at radius 1 is 1.20 bits per heavy atom. The van der Waals surface area contributed by atoms with E-state index >= 15 is 0 Å². The minimum absolute atomic E-state index is 0.109. The van der Waals surface area contributed by atoms with Crippen molar-refractivity contribution >= 4 is 27.6 Å². The molecule has 0 saturated carbocycles. The fourth-order valence-corrected chi connectivity index (χ4v) is 2.91. The van der Waals surface area contributed by atoms with Crippen molar-refractivity contribution in [3.8, 4) is 0 Å². The number of benzene rings is 1. The second-order valence-corrected chi connectivity index (χ2v) is 6.19. The van der Waals surface area contributed by atoms with Gasteiger partial charge in [-0.05, 0) is 32.0 Å². The summed E-state index contributed by atoms with van der Waals surface area (Å²) in [4.78, 5) is 7.33. The van der Waals surface area contributed by atoms with E-state index in [1.165, 1.54) is 12.1 Å². The van der Waals surface area contributed by atoms with Crippen LogP contribution in [0.1, 0.15) is 11.4 Å². The number of halogens is 2. The first kappa shape index (κ1) is 14.7. The Kier molecular flexibility index (Phi) is 3.92. The SMILES string of the molecule is Cc1cc(C)nc(NS(=O)(=O)c2cccc(Cl)c2F)n1. The van der Waals surface area contributed by atoms with Crippen molar-refractivity contribution < 1.29 is 12.8 Å². The molecule has 0 aliphatic rings. The molecule has 106 valence electrons. The van der Waals surface area contributed by atoms with Gasteiger partial charge in [0.05, 0.1) is 5.02 Å². The Bertz CT molecular complexity index is 745. The minimum atomic E-state index is -4.13. The molecule has 8 heteroatoms. The van der Waals surface area contributed by atoms with Crippen LogP contribution in [-0.4, -0.2) is 18.4 Å². The van der Waals surface area contributed by atoms with E-state index in [1.54, 1.807) is 19.9 Å². The number of hydrogen-bond acceptors (Lipinski definition) is 4. The molecular formula is C12H11ClFN3O2S. The van der Waals surface area contributed by atoms with Crippen molar-refractivity contribution in [3.63, 3.8) is 0 Å². The van der Waals surface area contributed by atoms with Gasteiger partial charge in [0.25, 0.3) is 10.0 Å². The Balaban J connectivity index is 2.43. The lowest BCUT2D eigenvalue weighted by Crippen LogP contribution is -2.17. The smallest absolute Gasteiger partial charge is 0.247 e. The zero-order valence-corrected chi connectivity index (χ0v) is 12.3. The quantitative estimate of drug-likeness (QED) is 0.945. The Morgan fingerprint density at radius 3 is 2.40 bits per heavy atom. The number of anilines is 1. The zero-order chi connectivity index (χ0) is 14.9. The van der Waals surface area contributed by atoms with Gasteiger partial charge < -0.3 is 0 Å². The molecule has 0 bridgehead atoms. The molecule has 0 spiro atoms. The lowest BCUT2D eigenvalue weighted by atomic mass is 10.3. The number of sulfonamides is 1. The third-order valence-electron chi connectivity index (χ3n) is 2.41. The number of aromatic nitrogens is 2. The lowest BCUT2D eigenvalue weighted by Gasteiger charge is -2.09. The highest BCUT2D eigenvalue weighted by atomic mass is 35.5. The van der Waals surface area contributed by atoms with Gasteiger partial charge in [-0.1, -0.05) is 17.7 Å². The van der Waals surface area contributed by atoms with E-state index in [-0.39, 0.29) is 11.0 Å². The molecule has 20 heavy (non-hydrogen) atoms. The Morgan fingerprint density at radius 2 is 1.80 bits per heavy atom. The molecule has 0 amide bonds. The van der Waals surface area contributed by atoms with Gasteiger partial charge in [0.15, 0.2) is 5.82 Å². The van der Waals surface area contributed by atoms with Crippen LogP contribution >= 0.6 is 11.6 Å². The number of aryl methyl sites for hydroxylation is 2. The van der Waals surface area contributed by atoms with E-state index in [1.807, 2.05) is 0 Å². The maximum Gasteiger partial charge on any atom is 0.267 e. The number of hydrogen-bond donors (Lipinski definition) is 1. The van der Waals surface area contributed by atoms with Crippen LogP contribution in [-0.2, 0) is 10.0 Å². The van der Waals surface area contributed by atoms with Gasteiger partial charge in [0.1, 0.15) is 4.90 Å². The second kappa shape index (κ2) is 5.34. The third kappa shape index (κ3) is 3.05. The zero-order valence-electron chi connectivity index (χ0n) is 10.7. The molecule has 0 unspecified atom stereocenters. The third-order valence-corrected chi connectivity index (χ3v) is 4.05. The van der Waals surface area contributed by atoms with Gasteiger partial charge in [-0.15, -0.1) is 0 Å². The van der Waals surface area contributed by atoms with Crippen LogP contribution < -0.4 is 4.72 Å². The highest BCUT2D eigenvalue weighted by molar-refractivity contribution is 7.92. The van der Waals surface area contributed by atoms with Gasteiger partial charge in [0, 0.05) is 11.4 Å². The summed E-state index contributed by atoms with van der Waals surface area (Å²) in [5.41, 5.74) is 1.20.